The van der Waals surface area contributed by atoms with Crippen LogP contribution in [0.15, 0.2) is 29.8 Å². The third kappa shape index (κ3) is 3.11. The molecule has 0 aliphatic carbocycles. The molecule has 2 aromatic rings. The zero-order chi connectivity index (χ0) is 13.8. The van der Waals surface area contributed by atoms with Crippen molar-refractivity contribution >= 4 is 17.2 Å². The molecule has 0 spiro atoms. The summed E-state index contributed by atoms with van der Waals surface area (Å²) in [6.07, 6.45) is 1.27. The molecule has 1 unspecified atom stereocenters. The van der Waals surface area contributed by atoms with Gasteiger partial charge in [-0.3, -0.25) is 0 Å². The minimum Gasteiger partial charge on any atom is -0.352 e. The lowest BCUT2D eigenvalue weighted by molar-refractivity contribution is 0.613. The molecule has 2 aromatic heterocycles. The van der Waals surface area contributed by atoms with Crippen LogP contribution in [0.2, 0.25) is 0 Å². The van der Waals surface area contributed by atoms with Crippen LogP contribution < -0.4 is 10.2 Å². The second kappa shape index (κ2) is 6.12. The van der Waals surface area contributed by atoms with Crippen molar-refractivity contribution in [1.82, 2.24) is 10.3 Å². The van der Waals surface area contributed by atoms with Crippen molar-refractivity contribution in [3.8, 4) is 0 Å². The second-order valence-electron chi connectivity index (χ2n) is 4.47. The van der Waals surface area contributed by atoms with Crippen LogP contribution in [0.1, 0.15) is 23.4 Å². The maximum atomic E-state index is 13.3. The Balaban J connectivity index is 2.30. The molecule has 0 saturated heterocycles. The van der Waals surface area contributed by atoms with Crippen molar-refractivity contribution in [2.24, 2.45) is 0 Å². The van der Waals surface area contributed by atoms with Gasteiger partial charge in [0, 0.05) is 24.0 Å². The zero-order valence-electron chi connectivity index (χ0n) is 11.4. The number of aromatic nitrogens is 1. The maximum absolute atomic E-state index is 13.3. The summed E-state index contributed by atoms with van der Waals surface area (Å²) in [6.45, 7) is 2.72. The van der Waals surface area contributed by atoms with E-state index in [-0.39, 0.29) is 11.9 Å². The molecule has 19 heavy (non-hydrogen) atoms. The highest BCUT2D eigenvalue weighted by molar-refractivity contribution is 7.10. The Bertz CT molecular complexity index is 527. The molecule has 0 aliphatic heterocycles. The SMILES string of the molecule is CNCc1cc(F)cnc1N(C)C(C)c1cccs1. The van der Waals surface area contributed by atoms with Gasteiger partial charge in [0.1, 0.15) is 11.6 Å². The summed E-state index contributed by atoms with van der Waals surface area (Å²) in [5.41, 5.74) is 0.869. The molecule has 102 valence electrons. The van der Waals surface area contributed by atoms with E-state index in [9.17, 15) is 4.39 Å². The molecule has 2 rings (SSSR count). The molecule has 0 bridgehead atoms. The van der Waals surface area contributed by atoms with E-state index in [2.05, 4.69) is 33.6 Å². The Morgan fingerprint density at radius 2 is 2.32 bits per heavy atom. The van der Waals surface area contributed by atoms with Crippen molar-refractivity contribution in [2.45, 2.75) is 19.5 Å². The Hall–Kier alpha value is -1.46. The van der Waals surface area contributed by atoms with Gasteiger partial charge in [0.15, 0.2) is 0 Å². The van der Waals surface area contributed by atoms with E-state index in [1.165, 1.54) is 17.1 Å². The van der Waals surface area contributed by atoms with Gasteiger partial charge in [0.2, 0.25) is 0 Å². The van der Waals surface area contributed by atoms with Crippen molar-refractivity contribution in [2.75, 3.05) is 19.0 Å². The fourth-order valence-electron chi connectivity index (χ4n) is 2.02. The van der Waals surface area contributed by atoms with E-state index < -0.39 is 0 Å². The van der Waals surface area contributed by atoms with Gasteiger partial charge in [-0.05, 0) is 31.5 Å². The summed E-state index contributed by atoms with van der Waals surface area (Å²) in [7, 11) is 3.83. The molecule has 0 fully saturated rings. The average Bonchev–Trinajstić information content (AvgIpc) is 2.91. The van der Waals surface area contributed by atoms with Gasteiger partial charge >= 0.3 is 0 Å². The van der Waals surface area contributed by atoms with Crippen molar-refractivity contribution in [3.63, 3.8) is 0 Å². The summed E-state index contributed by atoms with van der Waals surface area (Å²) in [5.74, 6) is 0.517. The lowest BCUT2D eigenvalue weighted by Crippen LogP contribution is -2.24. The molecule has 0 radical (unpaired) electrons. The Morgan fingerprint density at radius 1 is 1.53 bits per heavy atom. The van der Waals surface area contributed by atoms with E-state index in [0.29, 0.717) is 6.54 Å². The zero-order valence-corrected chi connectivity index (χ0v) is 12.2. The molecule has 2 heterocycles. The largest absolute Gasteiger partial charge is 0.352 e. The molecule has 0 aliphatic rings. The smallest absolute Gasteiger partial charge is 0.141 e. The van der Waals surface area contributed by atoms with Crippen molar-refractivity contribution in [3.05, 3.63) is 46.0 Å². The van der Waals surface area contributed by atoms with Gasteiger partial charge in [-0.25, -0.2) is 9.37 Å². The van der Waals surface area contributed by atoms with Gasteiger partial charge in [-0.15, -0.1) is 11.3 Å². The Kier molecular flexibility index (Phi) is 4.50. The standard InChI is InChI=1S/C14H18FN3S/c1-10(13-5-4-6-19-13)18(3)14-11(8-16-2)7-12(15)9-17-14/h4-7,9-10,16H,8H2,1-3H3. The number of nitrogens with zero attached hydrogens (tertiary/aromatic N) is 2. The highest BCUT2D eigenvalue weighted by Gasteiger charge is 2.17. The second-order valence-corrected chi connectivity index (χ2v) is 5.45. The third-order valence-electron chi connectivity index (χ3n) is 3.15. The Morgan fingerprint density at radius 3 is 2.95 bits per heavy atom. The lowest BCUT2D eigenvalue weighted by atomic mass is 10.2. The van der Waals surface area contributed by atoms with Crippen LogP contribution in [0.5, 0.6) is 0 Å². The number of thiophene rings is 1. The number of halogens is 1. The number of hydrogen-bond donors (Lipinski definition) is 1. The minimum atomic E-state index is -0.300. The Labute approximate surface area is 117 Å². The first-order valence-electron chi connectivity index (χ1n) is 6.18. The molecule has 3 nitrogen and oxygen atoms in total. The van der Waals surface area contributed by atoms with E-state index in [1.54, 1.807) is 11.3 Å². The van der Waals surface area contributed by atoms with E-state index in [1.807, 2.05) is 20.2 Å². The van der Waals surface area contributed by atoms with Gasteiger partial charge in [-0.2, -0.15) is 0 Å². The number of pyridine rings is 1. The van der Waals surface area contributed by atoms with Gasteiger partial charge in [0.25, 0.3) is 0 Å². The normalized spacial score (nSPS) is 12.4. The lowest BCUT2D eigenvalue weighted by Gasteiger charge is -2.27. The highest BCUT2D eigenvalue weighted by atomic mass is 32.1. The van der Waals surface area contributed by atoms with Crippen LogP contribution in [-0.4, -0.2) is 19.1 Å². The number of hydrogen-bond acceptors (Lipinski definition) is 4. The highest BCUT2D eigenvalue weighted by Crippen LogP contribution is 2.29. The molecular formula is C14H18FN3S. The summed E-state index contributed by atoms with van der Waals surface area (Å²) in [5, 5.41) is 5.11. The molecule has 0 saturated carbocycles. The topological polar surface area (TPSA) is 28.2 Å². The van der Waals surface area contributed by atoms with Gasteiger partial charge < -0.3 is 10.2 Å². The number of anilines is 1. The first-order valence-corrected chi connectivity index (χ1v) is 7.06. The van der Waals surface area contributed by atoms with Crippen LogP contribution in [0.25, 0.3) is 0 Å². The molecule has 0 aromatic carbocycles. The number of nitrogens with one attached hydrogen (secondary N) is 1. The summed E-state index contributed by atoms with van der Waals surface area (Å²) >= 11 is 1.72. The van der Waals surface area contributed by atoms with Gasteiger partial charge in [0.05, 0.1) is 12.2 Å². The predicted octanol–water partition coefficient (Wildman–Crippen LogP) is 3.20. The van der Waals surface area contributed by atoms with Gasteiger partial charge in [-0.1, -0.05) is 6.07 Å². The predicted molar refractivity (Wildman–Crippen MR) is 78.1 cm³/mol. The van der Waals surface area contributed by atoms with E-state index in [4.69, 9.17) is 0 Å². The first-order chi connectivity index (χ1) is 9.13. The quantitative estimate of drug-likeness (QED) is 0.911. The molecule has 1 N–H and O–H groups in total. The first kappa shape index (κ1) is 14.0. The molecule has 0 amide bonds. The van der Waals surface area contributed by atoms with Crippen molar-refractivity contribution in [1.29, 1.82) is 0 Å². The number of rotatable bonds is 5. The van der Waals surface area contributed by atoms with Crippen LogP contribution in [0, 0.1) is 5.82 Å². The van der Waals surface area contributed by atoms with Crippen LogP contribution in [0.4, 0.5) is 10.2 Å². The summed E-state index contributed by atoms with van der Waals surface area (Å²) in [6, 6.07) is 5.90. The molecule has 1 atom stereocenters. The summed E-state index contributed by atoms with van der Waals surface area (Å²) in [4.78, 5) is 7.59. The fraction of sp³-hybridized carbons (Fsp3) is 0.357. The molecule has 5 heteroatoms. The maximum Gasteiger partial charge on any atom is 0.141 e. The fourth-order valence-corrected chi connectivity index (χ4v) is 2.84. The van der Waals surface area contributed by atoms with E-state index >= 15 is 0 Å². The monoisotopic (exact) mass is 279 g/mol. The van der Waals surface area contributed by atoms with E-state index in [0.717, 1.165) is 11.4 Å². The van der Waals surface area contributed by atoms with Crippen LogP contribution >= 0.6 is 11.3 Å². The average molecular weight is 279 g/mol. The van der Waals surface area contributed by atoms with Crippen molar-refractivity contribution < 1.29 is 4.39 Å². The van der Waals surface area contributed by atoms with Crippen LogP contribution in [0.3, 0.4) is 0 Å². The molecular weight excluding hydrogens is 261 g/mol. The third-order valence-corrected chi connectivity index (χ3v) is 4.19. The van der Waals surface area contributed by atoms with Crippen LogP contribution in [-0.2, 0) is 6.54 Å². The minimum absolute atomic E-state index is 0.216. The summed E-state index contributed by atoms with van der Waals surface area (Å²) < 4.78 is 13.3.